The van der Waals surface area contributed by atoms with Crippen molar-refractivity contribution in [2.75, 3.05) is 0 Å². The zero-order chi connectivity index (χ0) is 17.1. The van der Waals surface area contributed by atoms with Gasteiger partial charge in [0.1, 0.15) is 12.4 Å². The Kier molecular flexibility index (Phi) is 4.35. The first-order valence-corrected chi connectivity index (χ1v) is 7.83. The molecule has 1 aromatic heterocycles. The first-order chi connectivity index (χ1) is 11.6. The van der Waals surface area contributed by atoms with Crippen molar-refractivity contribution in [1.82, 2.24) is 9.78 Å². The fraction of sp³-hybridized carbons (Fsp3) is 0.200. The molecule has 1 heterocycles. The number of benzene rings is 2. The van der Waals surface area contributed by atoms with E-state index in [0.717, 1.165) is 28.4 Å². The van der Waals surface area contributed by atoms with E-state index in [-0.39, 0.29) is 0 Å². The zero-order valence-electron chi connectivity index (χ0n) is 14.1. The van der Waals surface area contributed by atoms with Gasteiger partial charge in [0.15, 0.2) is 0 Å². The van der Waals surface area contributed by atoms with Crippen LogP contribution in [0, 0.1) is 32.1 Å². The minimum absolute atomic E-state index is 0.483. The van der Waals surface area contributed by atoms with E-state index in [4.69, 9.17) is 10.00 Å². The second-order valence-corrected chi connectivity index (χ2v) is 5.82. The van der Waals surface area contributed by atoms with E-state index in [1.807, 2.05) is 54.9 Å². The highest BCUT2D eigenvalue weighted by Gasteiger charge is 2.13. The molecule has 24 heavy (non-hydrogen) atoms. The van der Waals surface area contributed by atoms with Gasteiger partial charge in [-0.1, -0.05) is 17.7 Å². The molecule has 4 nitrogen and oxygen atoms in total. The Balaban J connectivity index is 1.83. The molecule has 3 rings (SSSR count). The molecule has 0 aliphatic rings. The van der Waals surface area contributed by atoms with Crippen molar-refractivity contribution in [2.45, 2.75) is 27.4 Å². The van der Waals surface area contributed by atoms with Crippen LogP contribution in [-0.4, -0.2) is 9.78 Å². The second kappa shape index (κ2) is 6.59. The largest absolute Gasteiger partial charge is 0.489 e. The van der Waals surface area contributed by atoms with Gasteiger partial charge in [0, 0.05) is 11.3 Å². The number of aromatic nitrogens is 2. The number of hydrogen-bond donors (Lipinski definition) is 0. The molecule has 0 fully saturated rings. The summed E-state index contributed by atoms with van der Waals surface area (Å²) >= 11 is 0. The second-order valence-electron chi connectivity index (χ2n) is 5.82. The lowest BCUT2D eigenvalue weighted by molar-refractivity contribution is 0.304. The number of nitrogens with zero attached hydrogens (tertiary/aromatic N) is 3. The summed E-state index contributed by atoms with van der Waals surface area (Å²) in [5.41, 5.74) is 5.87. The maximum Gasteiger partial charge on any atom is 0.119 e. The Hall–Kier alpha value is -3.06. The summed E-state index contributed by atoms with van der Waals surface area (Å²) in [6.07, 6.45) is 0. The highest BCUT2D eigenvalue weighted by Crippen LogP contribution is 2.21. The monoisotopic (exact) mass is 317 g/mol. The number of rotatable bonds is 4. The molecule has 0 atom stereocenters. The van der Waals surface area contributed by atoms with Crippen LogP contribution in [0.5, 0.6) is 5.75 Å². The molecule has 4 heteroatoms. The quantitative estimate of drug-likeness (QED) is 0.723. The van der Waals surface area contributed by atoms with Crippen molar-refractivity contribution in [3.63, 3.8) is 0 Å². The van der Waals surface area contributed by atoms with Gasteiger partial charge < -0.3 is 4.74 Å². The minimum atomic E-state index is 0.483. The lowest BCUT2D eigenvalue weighted by atomic mass is 10.2. The van der Waals surface area contributed by atoms with Gasteiger partial charge >= 0.3 is 0 Å². The molecule has 0 radical (unpaired) electrons. The molecular weight excluding hydrogens is 298 g/mol. The topological polar surface area (TPSA) is 50.8 Å². The highest BCUT2D eigenvalue weighted by molar-refractivity contribution is 5.41. The Bertz CT molecular complexity index is 884. The van der Waals surface area contributed by atoms with Crippen molar-refractivity contribution in [3.05, 3.63) is 76.6 Å². The Morgan fingerprint density at radius 2 is 1.67 bits per heavy atom. The lowest BCUT2D eigenvalue weighted by Crippen LogP contribution is -2.01. The molecule has 0 saturated carbocycles. The summed E-state index contributed by atoms with van der Waals surface area (Å²) in [5, 5.41) is 13.5. The van der Waals surface area contributed by atoms with E-state index in [1.54, 1.807) is 12.1 Å². The average molecular weight is 317 g/mol. The molecular formula is C20H19N3O. The summed E-state index contributed by atoms with van der Waals surface area (Å²) in [4.78, 5) is 0. The van der Waals surface area contributed by atoms with Crippen molar-refractivity contribution < 1.29 is 4.74 Å². The third kappa shape index (κ3) is 3.16. The Morgan fingerprint density at radius 1 is 1.00 bits per heavy atom. The molecule has 0 aliphatic heterocycles. The zero-order valence-corrected chi connectivity index (χ0v) is 14.1. The van der Waals surface area contributed by atoms with Gasteiger partial charge in [-0.15, -0.1) is 0 Å². The van der Waals surface area contributed by atoms with Gasteiger partial charge in [0.2, 0.25) is 0 Å². The SMILES string of the molecule is Cc1ccc(OCc2c(C)nn(-c3ccc(C#N)cc3)c2C)cc1. The molecule has 0 amide bonds. The predicted molar refractivity (Wildman–Crippen MR) is 93.3 cm³/mol. The van der Waals surface area contributed by atoms with Crippen molar-refractivity contribution in [3.8, 4) is 17.5 Å². The van der Waals surface area contributed by atoms with Crippen LogP contribution in [-0.2, 0) is 6.61 Å². The maximum absolute atomic E-state index is 8.91. The lowest BCUT2D eigenvalue weighted by Gasteiger charge is -2.08. The third-order valence-corrected chi connectivity index (χ3v) is 4.09. The molecule has 0 unspecified atom stereocenters. The van der Waals surface area contributed by atoms with Gasteiger partial charge in [0.25, 0.3) is 0 Å². The van der Waals surface area contributed by atoms with Crippen molar-refractivity contribution >= 4 is 0 Å². The molecule has 3 aromatic rings. The smallest absolute Gasteiger partial charge is 0.119 e. The van der Waals surface area contributed by atoms with Crippen LogP contribution >= 0.6 is 0 Å². The van der Waals surface area contributed by atoms with Crippen molar-refractivity contribution in [1.29, 1.82) is 5.26 Å². The van der Waals surface area contributed by atoms with Crippen LogP contribution in [0.4, 0.5) is 0 Å². The standard InChI is InChI=1S/C20H19N3O/c1-14-4-10-19(11-5-14)24-13-20-15(2)22-23(16(20)3)18-8-6-17(12-21)7-9-18/h4-11H,13H2,1-3H3. The molecule has 0 N–H and O–H groups in total. The summed E-state index contributed by atoms with van der Waals surface area (Å²) in [5.74, 6) is 0.852. The molecule has 120 valence electrons. The van der Waals surface area contributed by atoms with Gasteiger partial charge in [-0.05, 0) is 57.2 Å². The summed E-state index contributed by atoms with van der Waals surface area (Å²) in [6, 6.07) is 17.6. The van der Waals surface area contributed by atoms with E-state index < -0.39 is 0 Å². The van der Waals surface area contributed by atoms with Gasteiger partial charge in [-0.25, -0.2) is 4.68 Å². The van der Waals surface area contributed by atoms with Crippen LogP contribution in [0.25, 0.3) is 5.69 Å². The number of nitriles is 1. The Labute approximate surface area is 141 Å². The summed E-state index contributed by atoms with van der Waals surface area (Å²) in [7, 11) is 0. The van der Waals surface area contributed by atoms with E-state index in [2.05, 4.69) is 18.1 Å². The van der Waals surface area contributed by atoms with E-state index in [0.29, 0.717) is 12.2 Å². The fourth-order valence-corrected chi connectivity index (χ4v) is 2.60. The highest BCUT2D eigenvalue weighted by atomic mass is 16.5. The van der Waals surface area contributed by atoms with Crippen LogP contribution in [0.1, 0.15) is 28.1 Å². The van der Waals surface area contributed by atoms with Crippen molar-refractivity contribution in [2.24, 2.45) is 0 Å². The Morgan fingerprint density at radius 3 is 2.29 bits per heavy atom. The minimum Gasteiger partial charge on any atom is -0.489 e. The van der Waals surface area contributed by atoms with Gasteiger partial charge in [-0.3, -0.25) is 0 Å². The van der Waals surface area contributed by atoms with E-state index >= 15 is 0 Å². The van der Waals surface area contributed by atoms with Crippen LogP contribution < -0.4 is 4.74 Å². The van der Waals surface area contributed by atoms with Gasteiger partial charge in [0.05, 0.1) is 23.0 Å². The van der Waals surface area contributed by atoms with Crippen LogP contribution in [0.15, 0.2) is 48.5 Å². The molecule has 0 spiro atoms. The average Bonchev–Trinajstić information content (AvgIpc) is 2.89. The summed E-state index contributed by atoms with van der Waals surface area (Å²) in [6.45, 7) is 6.56. The number of aryl methyl sites for hydroxylation is 2. The third-order valence-electron chi connectivity index (χ3n) is 4.09. The van der Waals surface area contributed by atoms with Crippen LogP contribution in [0.3, 0.4) is 0 Å². The molecule has 0 aliphatic carbocycles. The normalized spacial score (nSPS) is 10.4. The molecule has 2 aromatic carbocycles. The predicted octanol–water partition coefficient (Wildman–Crippen LogP) is 4.25. The van der Waals surface area contributed by atoms with Gasteiger partial charge in [-0.2, -0.15) is 10.4 Å². The van der Waals surface area contributed by atoms with E-state index in [9.17, 15) is 0 Å². The molecule has 0 bridgehead atoms. The summed E-state index contributed by atoms with van der Waals surface area (Å²) < 4.78 is 7.79. The number of ether oxygens (including phenoxy) is 1. The number of hydrogen-bond acceptors (Lipinski definition) is 3. The van der Waals surface area contributed by atoms with Crippen LogP contribution in [0.2, 0.25) is 0 Å². The maximum atomic E-state index is 8.91. The fourth-order valence-electron chi connectivity index (χ4n) is 2.60. The first kappa shape index (κ1) is 15.8. The molecule has 0 saturated heterocycles. The first-order valence-electron chi connectivity index (χ1n) is 7.83. The van der Waals surface area contributed by atoms with E-state index in [1.165, 1.54) is 5.56 Å².